The Morgan fingerprint density at radius 3 is 2.71 bits per heavy atom. The highest BCUT2D eigenvalue weighted by molar-refractivity contribution is 5.95. The minimum atomic E-state index is -0.528. The quantitative estimate of drug-likeness (QED) is 0.575. The Labute approximate surface area is 199 Å². The number of hydrogen-bond acceptors (Lipinski definition) is 4. The van der Waals surface area contributed by atoms with Crippen LogP contribution in [-0.4, -0.2) is 50.4 Å². The number of hydrogen-bond donors (Lipinski definition) is 1. The second kappa shape index (κ2) is 10.3. The number of likely N-dealkylation sites (tertiary alicyclic amines) is 1. The minimum absolute atomic E-state index is 0.0667. The largest absolute Gasteiger partial charge is 0.352 e. The van der Waals surface area contributed by atoms with Crippen LogP contribution >= 0.6 is 0 Å². The number of fused-ring (bicyclic) bond motifs is 1. The molecule has 1 aliphatic rings. The molecular weight excluding hydrogens is 433 g/mol. The van der Waals surface area contributed by atoms with E-state index in [1.807, 2.05) is 18.7 Å². The van der Waals surface area contributed by atoms with Crippen LogP contribution in [0.4, 0.5) is 4.39 Å². The molecule has 0 spiro atoms. The molecular formula is C26H32FN5O2. The van der Waals surface area contributed by atoms with Crippen molar-refractivity contribution in [2.24, 2.45) is 0 Å². The Hall–Kier alpha value is -3.29. The number of carbonyl (C=O) groups is 2. The van der Waals surface area contributed by atoms with Gasteiger partial charge in [-0.3, -0.25) is 9.59 Å². The standard InChI is InChI=1S/C26H32FN5O2/c1-4-12-28-25(33)18-10-11-20(21(27)14-18)22-16-24-29-23(15-19(5-2)32(24)30-22)26(34)31-13-8-6-7-9-17(31)3/h10-11,14-17H,4-9,12-13H2,1-3H3,(H,28,33). The second-order valence-corrected chi connectivity index (χ2v) is 8.93. The van der Waals surface area contributed by atoms with E-state index in [0.717, 1.165) is 44.3 Å². The molecule has 2 amide bonds. The molecule has 1 N–H and O–H groups in total. The zero-order valence-corrected chi connectivity index (χ0v) is 20.1. The Morgan fingerprint density at radius 2 is 1.97 bits per heavy atom. The van der Waals surface area contributed by atoms with Crippen LogP contribution in [-0.2, 0) is 6.42 Å². The summed E-state index contributed by atoms with van der Waals surface area (Å²) in [5.74, 6) is -0.897. The lowest BCUT2D eigenvalue weighted by Gasteiger charge is -2.27. The number of nitrogens with one attached hydrogen (secondary N) is 1. The summed E-state index contributed by atoms with van der Waals surface area (Å²) in [7, 11) is 0. The van der Waals surface area contributed by atoms with Gasteiger partial charge in [0.2, 0.25) is 0 Å². The maximum Gasteiger partial charge on any atom is 0.272 e. The van der Waals surface area contributed by atoms with Gasteiger partial charge in [-0.25, -0.2) is 13.9 Å². The van der Waals surface area contributed by atoms with Crippen molar-refractivity contribution < 1.29 is 14.0 Å². The fraction of sp³-hybridized carbons (Fsp3) is 0.462. The molecule has 4 rings (SSSR count). The van der Waals surface area contributed by atoms with Gasteiger partial charge in [-0.2, -0.15) is 5.10 Å². The van der Waals surface area contributed by atoms with Crippen LogP contribution in [0.3, 0.4) is 0 Å². The molecule has 3 aromatic rings. The average Bonchev–Trinajstić information content (AvgIpc) is 3.15. The first-order chi connectivity index (χ1) is 16.4. The number of benzene rings is 1. The van der Waals surface area contributed by atoms with Crippen molar-refractivity contribution in [3.05, 3.63) is 53.1 Å². The first-order valence-corrected chi connectivity index (χ1v) is 12.2. The molecule has 1 fully saturated rings. The molecule has 34 heavy (non-hydrogen) atoms. The summed E-state index contributed by atoms with van der Waals surface area (Å²) in [5.41, 5.74) is 2.70. The van der Waals surface area contributed by atoms with Crippen molar-refractivity contribution >= 4 is 17.5 Å². The molecule has 1 atom stereocenters. The fourth-order valence-corrected chi connectivity index (χ4v) is 4.46. The number of carbonyl (C=O) groups excluding carboxylic acids is 2. The molecule has 7 nitrogen and oxygen atoms in total. The zero-order valence-electron chi connectivity index (χ0n) is 20.1. The van der Waals surface area contributed by atoms with Crippen LogP contribution in [0.2, 0.25) is 0 Å². The molecule has 1 aromatic carbocycles. The molecule has 180 valence electrons. The highest BCUT2D eigenvalue weighted by atomic mass is 19.1. The molecule has 0 radical (unpaired) electrons. The van der Waals surface area contributed by atoms with E-state index >= 15 is 0 Å². The lowest BCUT2D eigenvalue weighted by Crippen LogP contribution is -2.38. The lowest BCUT2D eigenvalue weighted by molar-refractivity contribution is 0.0691. The Kier molecular flexibility index (Phi) is 7.24. The van der Waals surface area contributed by atoms with Gasteiger partial charge < -0.3 is 10.2 Å². The molecule has 0 bridgehead atoms. The van der Waals surface area contributed by atoms with Crippen LogP contribution in [0.15, 0.2) is 30.3 Å². The summed E-state index contributed by atoms with van der Waals surface area (Å²) in [6, 6.07) is 8.05. The molecule has 1 saturated heterocycles. The minimum Gasteiger partial charge on any atom is -0.352 e. The summed E-state index contributed by atoms with van der Waals surface area (Å²) in [5, 5.41) is 7.32. The van der Waals surface area contributed by atoms with E-state index < -0.39 is 5.82 Å². The van der Waals surface area contributed by atoms with Crippen molar-refractivity contribution in [2.75, 3.05) is 13.1 Å². The van der Waals surface area contributed by atoms with Crippen LogP contribution < -0.4 is 5.32 Å². The van der Waals surface area contributed by atoms with E-state index in [-0.39, 0.29) is 29.0 Å². The lowest BCUT2D eigenvalue weighted by atomic mass is 10.1. The first-order valence-electron chi connectivity index (χ1n) is 12.2. The van der Waals surface area contributed by atoms with Crippen molar-refractivity contribution in [3.8, 4) is 11.3 Å². The van der Waals surface area contributed by atoms with Gasteiger partial charge in [-0.1, -0.05) is 26.7 Å². The van der Waals surface area contributed by atoms with Crippen molar-refractivity contribution in [1.82, 2.24) is 24.8 Å². The van der Waals surface area contributed by atoms with Gasteiger partial charge >= 0.3 is 0 Å². The molecule has 3 heterocycles. The van der Waals surface area contributed by atoms with Gasteiger partial charge in [0, 0.05) is 42.0 Å². The monoisotopic (exact) mass is 465 g/mol. The molecule has 1 aliphatic heterocycles. The predicted octanol–water partition coefficient (Wildman–Crippen LogP) is 4.64. The third-order valence-electron chi connectivity index (χ3n) is 6.44. The molecule has 1 unspecified atom stereocenters. The van der Waals surface area contributed by atoms with Crippen molar-refractivity contribution in [1.29, 1.82) is 0 Å². The van der Waals surface area contributed by atoms with E-state index in [0.29, 0.717) is 30.0 Å². The number of nitrogens with zero attached hydrogens (tertiary/aromatic N) is 4. The van der Waals surface area contributed by atoms with Gasteiger partial charge in [0.1, 0.15) is 11.5 Å². The summed E-state index contributed by atoms with van der Waals surface area (Å²) in [6.45, 7) is 7.32. The van der Waals surface area contributed by atoms with Gasteiger partial charge in [0.05, 0.1) is 5.69 Å². The van der Waals surface area contributed by atoms with Crippen molar-refractivity contribution in [2.45, 2.75) is 65.3 Å². The number of aromatic nitrogens is 3. The van der Waals surface area contributed by atoms with Crippen LogP contribution in [0, 0.1) is 5.82 Å². The second-order valence-electron chi connectivity index (χ2n) is 8.93. The third kappa shape index (κ3) is 4.81. The average molecular weight is 466 g/mol. The van der Waals surface area contributed by atoms with Crippen LogP contribution in [0.1, 0.15) is 79.4 Å². The van der Waals surface area contributed by atoms with Gasteiger partial charge in [-0.05, 0) is 56.9 Å². The van der Waals surface area contributed by atoms with E-state index in [2.05, 4.69) is 22.3 Å². The van der Waals surface area contributed by atoms with E-state index in [1.54, 1.807) is 28.8 Å². The van der Waals surface area contributed by atoms with Crippen LogP contribution in [0.25, 0.3) is 16.9 Å². The molecule has 8 heteroatoms. The summed E-state index contributed by atoms with van der Waals surface area (Å²) in [4.78, 5) is 32.0. The summed E-state index contributed by atoms with van der Waals surface area (Å²) >= 11 is 0. The first kappa shape index (κ1) is 23.9. The highest BCUT2D eigenvalue weighted by Crippen LogP contribution is 2.25. The van der Waals surface area contributed by atoms with Gasteiger partial charge in [0.25, 0.3) is 11.8 Å². The Bertz CT molecular complexity index is 1210. The van der Waals surface area contributed by atoms with E-state index in [9.17, 15) is 14.0 Å². The topological polar surface area (TPSA) is 79.6 Å². The molecule has 2 aromatic heterocycles. The molecule has 0 saturated carbocycles. The SMILES string of the molecule is CCCNC(=O)c1ccc(-c2cc3nc(C(=O)N4CCCCCC4C)cc(CC)n3n2)c(F)c1. The summed E-state index contributed by atoms with van der Waals surface area (Å²) in [6.07, 6.45) is 5.72. The smallest absolute Gasteiger partial charge is 0.272 e. The van der Waals surface area contributed by atoms with E-state index in [1.165, 1.54) is 6.07 Å². The predicted molar refractivity (Wildman–Crippen MR) is 129 cm³/mol. The normalized spacial score (nSPS) is 16.5. The number of halogens is 1. The number of aryl methyl sites for hydroxylation is 1. The maximum atomic E-state index is 15.0. The zero-order chi connectivity index (χ0) is 24.2. The molecule has 0 aliphatic carbocycles. The van der Waals surface area contributed by atoms with Crippen LogP contribution in [0.5, 0.6) is 0 Å². The summed E-state index contributed by atoms with van der Waals surface area (Å²) < 4.78 is 16.6. The van der Waals surface area contributed by atoms with Crippen molar-refractivity contribution in [3.63, 3.8) is 0 Å². The maximum absolute atomic E-state index is 15.0. The third-order valence-corrected chi connectivity index (χ3v) is 6.44. The number of amides is 2. The van der Waals surface area contributed by atoms with Gasteiger partial charge in [-0.15, -0.1) is 0 Å². The number of rotatable bonds is 6. The Morgan fingerprint density at radius 1 is 1.15 bits per heavy atom. The fourth-order valence-electron chi connectivity index (χ4n) is 4.46. The Balaban J connectivity index is 1.67. The highest BCUT2D eigenvalue weighted by Gasteiger charge is 2.25. The van der Waals surface area contributed by atoms with Gasteiger partial charge in [0.15, 0.2) is 5.65 Å². The van der Waals surface area contributed by atoms with E-state index in [4.69, 9.17) is 0 Å².